The van der Waals surface area contributed by atoms with Crippen molar-refractivity contribution >= 4 is 157 Å². The highest BCUT2D eigenvalue weighted by Gasteiger charge is 2.60. The molecule has 106 heavy (non-hydrogen) atoms. The maximum absolute atomic E-state index is 14.0. The molecule has 16 rings (SSSR count). The number of morpholine rings is 1. The zero-order valence-corrected chi connectivity index (χ0v) is 65.8. The molecule has 3 aromatic heterocycles. The second kappa shape index (κ2) is 32.7. The molecule has 3 amide bonds. The Bertz CT molecular complexity index is 4720. The minimum Gasteiger partial charge on any atom is -0.379 e. The van der Waals surface area contributed by atoms with E-state index >= 15 is 0 Å². The maximum Gasteiger partial charge on any atom is 0.286 e. The average molecular weight is 1600 g/mol. The second-order valence-electron chi connectivity index (χ2n) is 29.1. The van der Waals surface area contributed by atoms with Gasteiger partial charge in [-0.15, -0.1) is 0 Å². The third-order valence-electron chi connectivity index (χ3n) is 21.6. The lowest BCUT2D eigenvalue weighted by Gasteiger charge is -2.43. The van der Waals surface area contributed by atoms with Gasteiger partial charge >= 0.3 is 0 Å². The van der Waals surface area contributed by atoms with E-state index in [1.807, 2.05) is 106 Å². The molecule has 9 aromatic rings. The van der Waals surface area contributed by atoms with E-state index in [1.54, 1.807) is 45.8 Å². The van der Waals surface area contributed by atoms with Gasteiger partial charge in [0.2, 0.25) is 0 Å². The lowest BCUT2D eigenvalue weighted by atomic mass is 9.68. The van der Waals surface area contributed by atoms with Crippen molar-refractivity contribution in [3.05, 3.63) is 240 Å². The Balaban J connectivity index is 0.000000134. The summed E-state index contributed by atoms with van der Waals surface area (Å²) in [5, 5.41) is 27.1. The lowest BCUT2D eigenvalue weighted by Crippen LogP contribution is -2.52. The fourth-order valence-electron chi connectivity index (χ4n) is 16.4. The molecule has 4 fully saturated rings. The maximum atomic E-state index is 14.0. The van der Waals surface area contributed by atoms with Crippen molar-refractivity contribution in [1.82, 2.24) is 55.5 Å². The van der Waals surface area contributed by atoms with E-state index < -0.39 is 0 Å². The van der Waals surface area contributed by atoms with Gasteiger partial charge in [0.05, 0.1) is 62.4 Å². The second-order valence-corrected chi connectivity index (χ2v) is 33.0. The lowest BCUT2D eigenvalue weighted by molar-refractivity contribution is 0.0124. The molecular formula is C82H80Cl9N11O4. The van der Waals surface area contributed by atoms with E-state index in [2.05, 4.69) is 55.2 Å². The molecule has 7 aliphatic rings. The van der Waals surface area contributed by atoms with Crippen LogP contribution in [0.15, 0.2) is 127 Å². The molecule has 3 N–H and O–H groups in total. The summed E-state index contributed by atoms with van der Waals surface area (Å²) < 4.78 is 10.8. The highest BCUT2D eigenvalue weighted by molar-refractivity contribution is 6.37. The third kappa shape index (κ3) is 16.5. The topological polar surface area (TPSA) is 156 Å². The number of piperidine rings is 1. The fourth-order valence-corrected chi connectivity index (χ4v) is 18.3. The van der Waals surface area contributed by atoms with E-state index in [4.69, 9.17) is 124 Å². The number of rotatable bonds is 12. The molecule has 3 atom stereocenters. The summed E-state index contributed by atoms with van der Waals surface area (Å²) in [6.45, 7) is 11.1. The van der Waals surface area contributed by atoms with Crippen LogP contribution in [-0.2, 0) is 24.0 Å². The van der Waals surface area contributed by atoms with E-state index in [1.165, 1.54) is 19.3 Å². The summed E-state index contributed by atoms with van der Waals surface area (Å²) in [5.74, 6) is 0.153. The number of allylic oxidation sites excluding steroid dienone is 3. The highest BCUT2D eigenvalue weighted by atomic mass is 35.5. The quantitative estimate of drug-likeness (QED) is 0.108. The van der Waals surface area contributed by atoms with Crippen molar-refractivity contribution in [2.24, 2.45) is 16.7 Å². The molecule has 0 radical (unpaired) electrons. The summed E-state index contributed by atoms with van der Waals surface area (Å²) in [7, 11) is 0. The first-order valence-electron chi connectivity index (χ1n) is 36.2. The fraction of sp³-hybridized carbons (Fsp3) is 0.341. The van der Waals surface area contributed by atoms with Gasteiger partial charge < -0.3 is 10.1 Å². The summed E-state index contributed by atoms with van der Waals surface area (Å²) >= 11 is 56.6. The molecule has 6 aromatic carbocycles. The number of hydrogen-bond donors (Lipinski definition) is 3. The number of hydrogen-bond acceptors (Lipinski definition) is 9. The van der Waals surface area contributed by atoms with Crippen molar-refractivity contribution in [2.45, 2.75) is 123 Å². The molecule has 5 aliphatic carbocycles. The molecule has 15 nitrogen and oxygen atoms in total. The number of halogens is 9. The van der Waals surface area contributed by atoms with E-state index in [0.717, 1.165) is 157 Å². The number of carbonyl (C=O) groups is 3. The Hall–Kier alpha value is -6.93. The van der Waals surface area contributed by atoms with E-state index in [-0.39, 0.29) is 34.6 Å². The molecular weight excluding hydrogens is 1520 g/mol. The molecule has 2 saturated carbocycles. The predicted octanol–water partition coefficient (Wildman–Crippen LogP) is 21.2. The molecule has 0 spiro atoms. The van der Waals surface area contributed by atoms with Gasteiger partial charge in [0.15, 0.2) is 17.1 Å². The van der Waals surface area contributed by atoms with Crippen molar-refractivity contribution in [2.75, 3.05) is 39.4 Å². The summed E-state index contributed by atoms with van der Waals surface area (Å²) in [4.78, 5) is 40.7. The number of carbonyl (C=O) groups excluding carboxylic acids is 3. The van der Waals surface area contributed by atoms with Gasteiger partial charge in [-0.3, -0.25) is 25.2 Å². The van der Waals surface area contributed by atoms with Crippen molar-refractivity contribution in [1.29, 1.82) is 0 Å². The first kappa shape index (κ1) is 75.9. The Morgan fingerprint density at radius 3 is 1.13 bits per heavy atom. The van der Waals surface area contributed by atoms with Gasteiger partial charge in [-0.05, 0) is 249 Å². The van der Waals surface area contributed by atoms with Crippen LogP contribution in [0.1, 0.15) is 180 Å². The Morgan fingerprint density at radius 2 is 0.783 bits per heavy atom. The van der Waals surface area contributed by atoms with Crippen LogP contribution in [0.3, 0.4) is 0 Å². The van der Waals surface area contributed by atoms with Crippen LogP contribution in [0, 0.1) is 16.7 Å². The first-order valence-corrected chi connectivity index (χ1v) is 39.6. The van der Waals surface area contributed by atoms with Gasteiger partial charge in [0.1, 0.15) is 0 Å². The highest BCUT2D eigenvalue weighted by Crippen LogP contribution is 2.62. The first-order chi connectivity index (χ1) is 51.0. The van der Waals surface area contributed by atoms with Gasteiger partial charge in [-0.2, -0.15) is 15.3 Å². The molecule has 2 bridgehead atoms. The van der Waals surface area contributed by atoms with Crippen LogP contribution < -0.4 is 16.2 Å². The molecule has 550 valence electrons. The number of nitrogens with zero attached hydrogens (tertiary/aromatic N) is 8. The Labute approximate surface area is 663 Å². The van der Waals surface area contributed by atoms with Crippen molar-refractivity contribution in [3.63, 3.8) is 0 Å². The molecule has 2 aliphatic heterocycles. The molecule has 0 unspecified atom stereocenters. The average Bonchev–Trinajstić information content (AvgIpc) is 1.57. The van der Waals surface area contributed by atoms with E-state index in [0.29, 0.717) is 112 Å². The number of benzene rings is 6. The monoisotopic (exact) mass is 1600 g/mol. The van der Waals surface area contributed by atoms with Crippen LogP contribution in [0.25, 0.3) is 52.0 Å². The molecule has 24 heteroatoms. The Morgan fingerprint density at radius 1 is 0.434 bits per heavy atom. The standard InChI is InChI=1S/C31H32Cl3N3O.C26H25Cl3N4O.C25H23Cl3N4O2/c1-30(2)20-13-14-31(3,17-20)29(30)35-28(38)26-23-6-4-5-19(15-18-7-9-21(32)10-8-18)27(23)37(36-26)25-12-11-22(33)16-24(25)34;27-19-9-7-17(8-10-19)15-18-5-4-6-21-24(26(34)31-32-13-2-1-3-14-32)30-33(25(18)21)23-12-11-20(28)16-22(23)29;26-18-6-4-16(5-7-18)14-17-2-1-3-20-23(25(33)30-31-10-12-34-13-11-31)29-32(24(17)20)22-9-8-19(27)15-21(22)28/h7-12,15-16,20,29H,4-6,13-14,17H2,1-3H3,(H,35,38);7-12,15-16H,1-6,13-14H2,(H,31,34);4-9,14-15H,1-3,10-13H2,(H,30,33)/b19-15+;18-15+;17-14+/t20-,29+,31+;;/m1../s1. The summed E-state index contributed by atoms with van der Waals surface area (Å²) in [6, 6.07) is 39.4. The number of aromatic nitrogens is 6. The van der Waals surface area contributed by atoms with Gasteiger partial charge in [0, 0.05) is 79.0 Å². The summed E-state index contributed by atoms with van der Waals surface area (Å²) in [5.41, 5.74) is 21.8. The minimum absolute atomic E-state index is 0.0599. The largest absolute Gasteiger partial charge is 0.379 e. The van der Waals surface area contributed by atoms with Crippen LogP contribution in [0.2, 0.25) is 45.2 Å². The number of nitrogens with one attached hydrogen (secondary N) is 3. The van der Waals surface area contributed by atoms with Crippen molar-refractivity contribution in [3.8, 4) is 17.1 Å². The van der Waals surface area contributed by atoms with Gasteiger partial charge in [-0.1, -0.05) is 168 Å². The SMILES string of the molecule is CC1(C)[C@@H]2CC[C@@](C)(C2)[C@H]1NC(=O)c1nn(-c2ccc(Cl)cc2Cl)c2c1CCC/C2=C\c1ccc(Cl)cc1.O=C(NN1CCCCC1)c1nn(-c2ccc(Cl)cc2Cl)c2c1CCC/C2=C\c1ccc(Cl)cc1.O=C(NN1CCOCC1)c1nn(-c2ccc(Cl)cc2Cl)c2c1CCC/C2=C\c1ccc(Cl)cc1. The normalized spacial score (nSPS) is 20.8. The van der Waals surface area contributed by atoms with Crippen LogP contribution in [0.4, 0.5) is 0 Å². The van der Waals surface area contributed by atoms with Crippen molar-refractivity contribution < 1.29 is 19.1 Å². The number of ether oxygens (including phenoxy) is 1. The van der Waals surface area contributed by atoms with Crippen LogP contribution >= 0.6 is 104 Å². The molecule has 5 heterocycles. The summed E-state index contributed by atoms with van der Waals surface area (Å²) in [6.07, 6.45) is 21.1. The van der Waals surface area contributed by atoms with E-state index in [9.17, 15) is 14.4 Å². The predicted molar refractivity (Wildman–Crippen MR) is 431 cm³/mol. The van der Waals surface area contributed by atoms with Gasteiger partial charge in [-0.25, -0.2) is 24.1 Å². The number of hydrazine groups is 2. The minimum atomic E-state index is -0.227. The van der Waals surface area contributed by atoms with Crippen LogP contribution in [0.5, 0.6) is 0 Å². The van der Waals surface area contributed by atoms with Crippen LogP contribution in [-0.4, -0.2) is 103 Å². The zero-order valence-electron chi connectivity index (χ0n) is 59.0. The molecule has 2 saturated heterocycles. The zero-order chi connectivity index (χ0) is 74.1. The van der Waals surface area contributed by atoms with Gasteiger partial charge in [0.25, 0.3) is 17.7 Å². The number of amides is 3. The third-order valence-corrected chi connectivity index (χ3v) is 24.0. The Kier molecular flexibility index (Phi) is 23.4. The smallest absolute Gasteiger partial charge is 0.286 e. The number of fused-ring (bicyclic) bond motifs is 5.